The summed E-state index contributed by atoms with van der Waals surface area (Å²) < 4.78 is 2.11. The van der Waals surface area contributed by atoms with Crippen LogP contribution in [0.4, 0.5) is 0 Å². The van der Waals surface area contributed by atoms with Crippen LogP contribution in [0.5, 0.6) is 0 Å². The Labute approximate surface area is 136 Å². The average Bonchev–Trinajstić information content (AvgIpc) is 3.19. The Hall–Kier alpha value is -2.20. The summed E-state index contributed by atoms with van der Waals surface area (Å²) in [4.78, 5) is 0. The van der Waals surface area contributed by atoms with Crippen molar-refractivity contribution in [2.75, 3.05) is 0 Å². The normalized spacial score (nSPS) is 18.2. The molecular weight excluding hydrogens is 284 g/mol. The fraction of sp³-hybridized carbons (Fsp3) is 0.368. The predicted octanol–water partition coefficient (Wildman–Crippen LogP) is 3.85. The first-order valence-corrected chi connectivity index (χ1v) is 8.50. The molecular formula is C19H22N4. The molecule has 2 aromatic heterocycles. The molecule has 1 aromatic carbocycles. The molecule has 0 bridgehead atoms. The van der Waals surface area contributed by atoms with E-state index in [9.17, 15) is 0 Å². The third-order valence-corrected chi connectivity index (χ3v) is 4.76. The van der Waals surface area contributed by atoms with Crippen LogP contribution in [-0.4, -0.2) is 14.6 Å². The van der Waals surface area contributed by atoms with E-state index in [-0.39, 0.29) is 6.04 Å². The molecule has 4 rings (SSSR count). The van der Waals surface area contributed by atoms with Gasteiger partial charge in [0.25, 0.3) is 0 Å². The van der Waals surface area contributed by atoms with Gasteiger partial charge in [-0.1, -0.05) is 43.7 Å². The summed E-state index contributed by atoms with van der Waals surface area (Å²) in [5, 5.41) is 12.6. The molecule has 2 atom stereocenters. The number of aromatic nitrogens is 3. The van der Waals surface area contributed by atoms with Crippen molar-refractivity contribution in [1.29, 1.82) is 0 Å². The van der Waals surface area contributed by atoms with Gasteiger partial charge in [0.2, 0.25) is 0 Å². The predicted molar refractivity (Wildman–Crippen MR) is 91.3 cm³/mol. The van der Waals surface area contributed by atoms with Crippen molar-refractivity contribution in [1.82, 2.24) is 19.9 Å². The van der Waals surface area contributed by atoms with Gasteiger partial charge < -0.3 is 5.32 Å². The number of rotatable bonds is 5. The Bertz CT molecular complexity index is 808. The van der Waals surface area contributed by atoms with Gasteiger partial charge in [0.15, 0.2) is 11.5 Å². The maximum absolute atomic E-state index is 4.46. The molecule has 3 aromatic rings. The van der Waals surface area contributed by atoms with E-state index in [0.29, 0.717) is 6.04 Å². The lowest BCUT2D eigenvalue weighted by molar-refractivity contribution is 0.402. The van der Waals surface area contributed by atoms with Gasteiger partial charge in [-0.25, -0.2) is 0 Å². The van der Waals surface area contributed by atoms with Crippen molar-refractivity contribution < 1.29 is 0 Å². The van der Waals surface area contributed by atoms with Gasteiger partial charge in [-0.2, -0.15) is 0 Å². The Kier molecular flexibility index (Phi) is 3.83. The molecule has 0 saturated carbocycles. The van der Waals surface area contributed by atoms with Gasteiger partial charge in [-0.15, -0.1) is 10.2 Å². The summed E-state index contributed by atoms with van der Waals surface area (Å²) in [6.45, 7) is 2.22. The van der Waals surface area contributed by atoms with Gasteiger partial charge in [0, 0.05) is 12.2 Å². The van der Waals surface area contributed by atoms with Gasteiger partial charge in [-0.05, 0) is 42.5 Å². The second kappa shape index (κ2) is 6.13. The number of fused-ring (bicyclic) bond motifs is 2. The summed E-state index contributed by atoms with van der Waals surface area (Å²) in [6.07, 6.45) is 6.56. The van der Waals surface area contributed by atoms with E-state index in [1.54, 1.807) is 0 Å². The minimum absolute atomic E-state index is 0.230. The van der Waals surface area contributed by atoms with Crippen LogP contribution in [0.1, 0.15) is 55.2 Å². The maximum atomic E-state index is 4.46. The molecule has 1 aliphatic rings. The molecule has 0 amide bonds. The van der Waals surface area contributed by atoms with Crippen molar-refractivity contribution in [2.45, 2.75) is 44.7 Å². The van der Waals surface area contributed by atoms with Crippen LogP contribution in [0.3, 0.4) is 0 Å². The largest absolute Gasteiger partial charge is 0.300 e. The molecule has 1 N–H and O–H groups in total. The number of hydrogen-bond acceptors (Lipinski definition) is 3. The highest BCUT2D eigenvalue weighted by molar-refractivity contribution is 5.38. The zero-order valence-electron chi connectivity index (χ0n) is 13.4. The number of pyridine rings is 1. The smallest absolute Gasteiger partial charge is 0.160 e. The first-order valence-electron chi connectivity index (χ1n) is 8.50. The zero-order chi connectivity index (χ0) is 15.6. The van der Waals surface area contributed by atoms with Crippen LogP contribution in [-0.2, 0) is 6.42 Å². The quantitative estimate of drug-likeness (QED) is 0.778. The fourth-order valence-corrected chi connectivity index (χ4v) is 3.65. The van der Waals surface area contributed by atoms with Crippen LogP contribution in [0.25, 0.3) is 5.65 Å². The van der Waals surface area contributed by atoms with Crippen molar-refractivity contribution in [3.8, 4) is 0 Å². The van der Waals surface area contributed by atoms with Crippen LogP contribution in [0.2, 0.25) is 0 Å². The minimum Gasteiger partial charge on any atom is -0.300 e. The van der Waals surface area contributed by atoms with Crippen molar-refractivity contribution in [2.24, 2.45) is 0 Å². The lowest BCUT2D eigenvalue weighted by Crippen LogP contribution is -2.26. The summed E-state index contributed by atoms with van der Waals surface area (Å²) in [6, 6.07) is 15.5. The first kappa shape index (κ1) is 14.4. The first-order chi connectivity index (χ1) is 11.4. The van der Waals surface area contributed by atoms with E-state index in [1.807, 2.05) is 18.2 Å². The van der Waals surface area contributed by atoms with Crippen molar-refractivity contribution in [3.05, 3.63) is 65.6 Å². The molecule has 0 aliphatic heterocycles. The highest BCUT2D eigenvalue weighted by atomic mass is 15.3. The third kappa shape index (κ3) is 2.63. The SMILES string of the molecule is CCC[C@@H](N[C@H]1CCc2ccccc21)c1nnc2ccccn12. The van der Waals surface area contributed by atoms with E-state index in [4.69, 9.17) is 0 Å². The molecule has 118 valence electrons. The lowest BCUT2D eigenvalue weighted by atomic mass is 10.1. The summed E-state index contributed by atoms with van der Waals surface area (Å²) in [5.74, 6) is 1.02. The Morgan fingerprint density at radius 1 is 1.17 bits per heavy atom. The molecule has 4 heteroatoms. The zero-order valence-corrected chi connectivity index (χ0v) is 13.4. The van der Waals surface area contributed by atoms with E-state index in [0.717, 1.165) is 37.2 Å². The molecule has 1 aliphatic carbocycles. The highest BCUT2D eigenvalue weighted by Crippen LogP contribution is 2.33. The number of aryl methyl sites for hydroxylation is 1. The second-order valence-corrected chi connectivity index (χ2v) is 6.29. The molecule has 4 nitrogen and oxygen atoms in total. The van der Waals surface area contributed by atoms with E-state index >= 15 is 0 Å². The van der Waals surface area contributed by atoms with Crippen molar-refractivity contribution >= 4 is 5.65 Å². The Morgan fingerprint density at radius 3 is 2.96 bits per heavy atom. The van der Waals surface area contributed by atoms with E-state index in [1.165, 1.54) is 11.1 Å². The van der Waals surface area contributed by atoms with Gasteiger partial charge in [-0.3, -0.25) is 4.40 Å². The maximum Gasteiger partial charge on any atom is 0.160 e. The van der Waals surface area contributed by atoms with E-state index < -0.39 is 0 Å². The highest BCUT2D eigenvalue weighted by Gasteiger charge is 2.26. The molecule has 0 saturated heterocycles. The van der Waals surface area contributed by atoms with Gasteiger partial charge in [0.1, 0.15) is 0 Å². The van der Waals surface area contributed by atoms with Crippen molar-refractivity contribution in [3.63, 3.8) is 0 Å². The molecule has 0 radical (unpaired) electrons. The van der Waals surface area contributed by atoms with Gasteiger partial charge in [0.05, 0.1) is 6.04 Å². The van der Waals surface area contributed by atoms with E-state index in [2.05, 4.69) is 57.3 Å². The number of hydrogen-bond donors (Lipinski definition) is 1. The third-order valence-electron chi connectivity index (χ3n) is 4.76. The van der Waals surface area contributed by atoms with Gasteiger partial charge >= 0.3 is 0 Å². The Morgan fingerprint density at radius 2 is 2.04 bits per heavy atom. The molecule has 0 fully saturated rings. The summed E-state index contributed by atoms with van der Waals surface area (Å²) in [5.41, 5.74) is 3.84. The number of nitrogens with one attached hydrogen (secondary N) is 1. The number of benzene rings is 1. The average molecular weight is 306 g/mol. The summed E-state index contributed by atoms with van der Waals surface area (Å²) in [7, 11) is 0. The summed E-state index contributed by atoms with van der Waals surface area (Å²) >= 11 is 0. The minimum atomic E-state index is 0.230. The molecule has 23 heavy (non-hydrogen) atoms. The van der Waals surface area contributed by atoms with Crippen LogP contribution in [0, 0.1) is 0 Å². The van der Waals surface area contributed by atoms with Crippen LogP contribution >= 0.6 is 0 Å². The topological polar surface area (TPSA) is 42.2 Å². The standard InChI is InChI=1S/C19H22N4/c1-2-7-17(19-22-21-18-10-5-6-13-23(18)19)20-16-12-11-14-8-3-4-9-15(14)16/h3-6,8-10,13,16-17,20H,2,7,11-12H2,1H3/t16-,17+/m0/s1. The Balaban J connectivity index is 1.64. The lowest BCUT2D eigenvalue weighted by Gasteiger charge is -2.22. The molecule has 2 heterocycles. The van der Waals surface area contributed by atoms with Crippen LogP contribution < -0.4 is 5.32 Å². The second-order valence-electron chi connectivity index (χ2n) is 6.29. The molecule has 0 unspecified atom stereocenters. The van der Waals surface area contributed by atoms with Crippen LogP contribution in [0.15, 0.2) is 48.7 Å². The molecule has 0 spiro atoms. The number of nitrogens with zero attached hydrogens (tertiary/aromatic N) is 3. The fourth-order valence-electron chi connectivity index (χ4n) is 3.65. The monoisotopic (exact) mass is 306 g/mol.